The first-order valence-corrected chi connectivity index (χ1v) is 6.13. The summed E-state index contributed by atoms with van der Waals surface area (Å²) >= 11 is 0. The summed E-state index contributed by atoms with van der Waals surface area (Å²) in [4.78, 5) is 10.8. The van der Waals surface area contributed by atoms with Gasteiger partial charge >= 0.3 is 0 Å². The third kappa shape index (κ3) is 4.79. The van der Waals surface area contributed by atoms with Gasteiger partial charge in [0, 0.05) is 32.2 Å². The van der Waals surface area contributed by atoms with Crippen molar-refractivity contribution in [3.05, 3.63) is 47.5 Å². The van der Waals surface area contributed by atoms with Crippen LogP contribution in [0.4, 0.5) is 14.5 Å². The van der Waals surface area contributed by atoms with Crippen molar-refractivity contribution in [2.24, 2.45) is 5.73 Å². The van der Waals surface area contributed by atoms with Gasteiger partial charge in [0.1, 0.15) is 17.4 Å². The SMILES string of the molecule is C/C=C(\C=C(/N)NC(C)=O)Oc1cc(F)c(NC)cc1F. The fraction of sp³-hybridized carbons (Fsp3) is 0.214. The minimum Gasteiger partial charge on any atom is -0.454 e. The summed E-state index contributed by atoms with van der Waals surface area (Å²) in [7, 11) is 1.48. The summed E-state index contributed by atoms with van der Waals surface area (Å²) < 4.78 is 32.6. The molecule has 0 saturated carbocycles. The maximum atomic E-state index is 13.8. The molecule has 0 bridgehead atoms. The van der Waals surface area contributed by atoms with Crippen LogP contribution in [0.5, 0.6) is 5.75 Å². The quantitative estimate of drug-likeness (QED) is 0.575. The number of amides is 1. The van der Waals surface area contributed by atoms with E-state index < -0.39 is 11.6 Å². The highest BCUT2D eigenvalue weighted by Gasteiger charge is 2.11. The van der Waals surface area contributed by atoms with Gasteiger partial charge in [0.25, 0.3) is 0 Å². The number of benzene rings is 1. The van der Waals surface area contributed by atoms with Crippen LogP contribution in [0.2, 0.25) is 0 Å². The number of hydrogen-bond acceptors (Lipinski definition) is 4. The Balaban J connectivity index is 2.98. The van der Waals surface area contributed by atoms with E-state index in [0.717, 1.165) is 12.1 Å². The van der Waals surface area contributed by atoms with Gasteiger partial charge in [-0.2, -0.15) is 0 Å². The predicted molar refractivity (Wildman–Crippen MR) is 76.4 cm³/mol. The normalized spacial score (nSPS) is 12.0. The Morgan fingerprint density at radius 1 is 1.33 bits per heavy atom. The van der Waals surface area contributed by atoms with Gasteiger partial charge in [-0.25, -0.2) is 8.78 Å². The zero-order chi connectivity index (χ0) is 16.0. The smallest absolute Gasteiger partial charge is 0.222 e. The summed E-state index contributed by atoms with van der Waals surface area (Å²) in [6.07, 6.45) is 2.79. The molecule has 5 nitrogen and oxygen atoms in total. The Morgan fingerprint density at radius 3 is 2.52 bits per heavy atom. The van der Waals surface area contributed by atoms with Crippen molar-refractivity contribution in [2.75, 3.05) is 12.4 Å². The van der Waals surface area contributed by atoms with Crippen molar-refractivity contribution in [1.29, 1.82) is 0 Å². The van der Waals surface area contributed by atoms with Gasteiger partial charge in [0.15, 0.2) is 11.6 Å². The molecule has 114 valence electrons. The van der Waals surface area contributed by atoms with E-state index in [1.807, 2.05) is 0 Å². The minimum atomic E-state index is -0.730. The topological polar surface area (TPSA) is 76.4 Å². The molecule has 7 heteroatoms. The maximum absolute atomic E-state index is 13.8. The molecule has 1 rings (SSSR count). The number of ether oxygens (including phenoxy) is 1. The monoisotopic (exact) mass is 297 g/mol. The van der Waals surface area contributed by atoms with Crippen molar-refractivity contribution >= 4 is 11.6 Å². The minimum absolute atomic E-state index is 0.0233. The number of nitrogens with two attached hydrogens (primary N) is 1. The second kappa shape index (κ2) is 7.28. The Bertz CT molecular complexity index is 598. The van der Waals surface area contributed by atoms with E-state index in [9.17, 15) is 13.6 Å². The summed E-state index contributed by atoms with van der Waals surface area (Å²) in [6, 6.07) is 1.91. The number of carbonyl (C=O) groups is 1. The third-order valence-corrected chi connectivity index (χ3v) is 2.42. The van der Waals surface area contributed by atoms with E-state index in [0.29, 0.717) is 0 Å². The van der Waals surface area contributed by atoms with Gasteiger partial charge < -0.3 is 21.1 Å². The van der Waals surface area contributed by atoms with Crippen LogP contribution >= 0.6 is 0 Å². The molecular formula is C14H17F2N3O2. The summed E-state index contributed by atoms with van der Waals surface area (Å²) in [5, 5.41) is 4.86. The molecule has 4 N–H and O–H groups in total. The standard InChI is InChI=1S/C14H17F2N3O2/c1-4-9(5-14(17)19-8(2)20)21-13-7-10(15)12(18-3)6-11(13)16/h4-7,18H,17H2,1-3H3,(H,19,20)/b9-4+,14-5+. The van der Waals surface area contributed by atoms with Crippen LogP contribution < -0.4 is 21.1 Å². The fourth-order valence-electron chi connectivity index (χ4n) is 1.49. The molecule has 0 saturated heterocycles. The van der Waals surface area contributed by atoms with E-state index in [1.165, 1.54) is 26.1 Å². The maximum Gasteiger partial charge on any atom is 0.222 e. The lowest BCUT2D eigenvalue weighted by molar-refractivity contribution is -0.118. The first-order chi connectivity index (χ1) is 9.87. The molecule has 0 spiro atoms. The van der Waals surface area contributed by atoms with Crippen LogP contribution in [0.3, 0.4) is 0 Å². The Kier molecular flexibility index (Phi) is 5.71. The average Bonchev–Trinajstić information content (AvgIpc) is 2.40. The molecule has 0 aliphatic carbocycles. The van der Waals surface area contributed by atoms with Crippen molar-refractivity contribution in [2.45, 2.75) is 13.8 Å². The largest absolute Gasteiger partial charge is 0.454 e. The molecule has 0 aliphatic heterocycles. The zero-order valence-electron chi connectivity index (χ0n) is 12.0. The van der Waals surface area contributed by atoms with Crippen molar-refractivity contribution in [1.82, 2.24) is 5.32 Å². The molecule has 0 unspecified atom stereocenters. The van der Waals surface area contributed by atoms with E-state index in [-0.39, 0.29) is 28.9 Å². The van der Waals surface area contributed by atoms with Gasteiger partial charge in [0.2, 0.25) is 5.91 Å². The lowest BCUT2D eigenvalue weighted by Crippen LogP contribution is -2.25. The number of allylic oxidation sites excluding steroid dienone is 2. The van der Waals surface area contributed by atoms with E-state index >= 15 is 0 Å². The number of hydrogen-bond donors (Lipinski definition) is 3. The van der Waals surface area contributed by atoms with Crippen LogP contribution in [-0.4, -0.2) is 13.0 Å². The van der Waals surface area contributed by atoms with Gasteiger partial charge in [-0.1, -0.05) is 0 Å². The van der Waals surface area contributed by atoms with Gasteiger partial charge in [-0.15, -0.1) is 0 Å². The first kappa shape index (κ1) is 16.5. The second-order valence-electron chi connectivity index (χ2n) is 4.09. The Morgan fingerprint density at radius 2 is 2.00 bits per heavy atom. The summed E-state index contributed by atoms with van der Waals surface area (Å²) in [5.74, 6) is -1.82. The highest BCUT2D eigenvalue weighted by Crippen LogP contribution is 2.26. The highest BCUT2D eigenvalue weighted by atomic mass is 19.1. The number of anilines is 1. The number of halogens is 2. The molecule has 1 aromatic rings. The molecule has 0 atom stereocenters. The number of rotatable bonds is 5. The van der Waals surface area contributed by atoms with Crippen LogP contribution in [0.15, 0.2) is 35.9 Å². The number of carbonyl (C=O) groups excluding carboxylic acids is 1. The first-order valence-electron chi connectivity index (χ1n) is 6.13. The third-order valence-electron chi connectivity index (χ3n) is 2.42. The fourth-order valence-corrected chi connectivity index (χ4v) is 1.49. The van der Waals surface area contributed by atoms with Gasteiger partial charge in [-0.05, 0) is 13.0 Å². The van der Waals surface area contributed by atoms with Crippen LogP contribution in [-0.2, 0) is 4.79 Å². The second-order valence-corrected chi connectivity index (χ2v) is 4.09. The lowest BCUT2D eigenvalue weighted by atomic mass is 10.2. The predicted octanol–water partition coefficient (Wildman–Crippen LogP) is 2.23. The van der Waals surface area contributed by atoms with Gasteiger partial charge in [-0.3, -0.25) is 4.79 Å². The van der Waals surface area contributed by atoms with E-state index in [1.54, 1.807) is 6.92 Å². The molecule has 0 aromatic heterocycles. The molecular weight excluding hydrogens is 280 g/mol. The molecule has 0 fully saturated rings. The van der Waals surface area contributed by atoms with E-state index in [4.69, 9.17) is 10.5 Å². The molecule has 21 heavy (non-hydrogen) atoms. The summed E-state index contributed by atoms with van der Waals surface area (Å²) in [6.45, 7) is 2.92. The molecule has 1 aromatic carbocycles. The molecule has 0 heterocycles. The highest BCUT2D eigenvalue weighted by molar-refractivity contribution is 5.74. The van der Waals surface area contributed by atoms with Crippen molar-refractivity contribution in [3.63, 3.8) is 0 Å². The van der Waals surface area contributed by atoms with E-state index in [2.05, 4.69) is 10.6 Å². The average molecular weight is 297 g/mol. The zero-order valence-corrected chi connectivity index (χ0v) is 12.0. The van der Waals surface area contributed by atoms with Crippen molar-refractivity contribution < 1.29 is 18.3 Å². The lowest BCUT2D eigenvalue weighted by Gasteiger charge is -2.11. The van der Waals surface area contributed by atoms with Crippen LogP contribution in [0.25, 0.3) is 0 Å². The number of nitrogens with one attached hydrogen (secondary N) is 2. The van der Waals surface area contributed by atoms with Crippen LogP contribution in [0.1, 0.15) is 13.8 Å². The Labute approximate surface area is 121 Å². The molecule has 0 aliphatic rings. The molecule has 1 amide bonds. The Hall–Kier alpha value is -2.57. The summed E-state index contributed by atoms with van der Waals surface area (Å²) in [5.41, 5.74) is 5.57. The van der Waals surface area contributed by atoms with Crippen LogP contribution in [0, 0.1) is 11.6 Å². The van der Waals surface area contributed by atoms with Crippen molar-refractivity contribution in [3.8, 4) is 5.75 Å². The van der Waals surface area contributed by atoms with Gasteiger partial charge in [0.05, 0.1) is 5.69 Å². The molecule has 0 radical (unpaired) electrons.